The molecular weight excluding hydrogens is 239 g/mol. The average Bonchev–Trinajstić information content (AvgIpc) is 2.16. The minimum atomic E-state index is -0.961. The summed E-state index contributed by atoms with van der Waals surface area (Å²) in [6.45, 7) is 0. The van der Waals surface area contributed by atoms with Gasteiger partial charge in [0.2, 0.25) is 0 Å². The van der Waals surface area contributed by atoms with E-state index in [0.29, 0.717) is 16.3 Å². The van der Waals surface area contributed by atoms with Crippen LogP contribution < -0.4 is 4.74 Å². The predicted molar refractivity (Wildman–Crippen MR) is 58.9 cm³/mol. The summed E-state index contributed by atoms with van der Waals surface area (Å²) in [6.07, 6.45) is -0.168. The second kappa shape index (κ2) is 5.24. The highest BCUT2D eigenvalue weighted by Gasteiger charge is 2.17. The van der Waals surface area contributed by atoms with E-state index < -0.39 is 11.3 Å². The number of benzene rings is 1. The summed E-state index contributed by atoms with van der Waals surface area (Å²) in [4.78, 5) is 10.5. The van der Waals surface area contributed by atoms with Gasteiger partial charge in [0.05, 0.1) is 18.9 Å². The fourth-order valence-corrected chi connectivity index (χ4v) is 1.70. The van der Waals surface area contributed by atoms with Crippen molar-refractivity contribution in [3.05, 3.63) is 28.8 Å². The third-order valence-electron chi connectivity index (χ3n) is 1.88. The first kappa shape index (κ1) is 12.1. The smallest absolute Gasteiger partial charge is 0.305 e. The van der Waals surface area contributed by atoms with Gasteiger partial charge in [0.1, 0.15) is 5.75 Å². The van der Waals surface area contributed by atoms with Crippen LogP contribution in [0.15, 0.2) is 18.2 Å². The van der Waals surface area contributed by atoms with Crippen molar-refractivity contribution in [3.8, 4) is 5.75 Å². The Labute approximate surface area is 97.6 Å². The van der Waals surface area contributed by atoms with E-state index >= 15 is 0 Å². The number of carboxylic acid groups (broad SMARTS) is 1. The van der Waals surface area contributed by atoms with Crippen LogP contribution in [0.5, 0.6) is 5.75 Å². The molecule has 1 N–H and O–H groups in total. The van der Waals surface area contributed by atoms with Crippen molar-refractivity contribution >= 4 is 29.2 Å². The summed E-state index contributed by atoms with van der Waals surface area (Å²) < 4.78 is 5.07. The minimum absolute atomic E-state index is 0.168. The van der Waals surface area contributed by atoms with E-state index in [1.807, 2.05) is 0 Å². The quantitative estimate of drug-likeness (QED) is 0.834. The third kappa shape index (κ3) is 3.29. The zero-order valence-electron chi connectivity index (χ0n) is 8.04. The molecule has 0 bridgehead atoms. The lowest BCUT2D eigenvalue weighted by Crippen LogP contribution is -2.02. The maximum absolute atomic E-state index is 10.5. The van der Waals surface area contributed by atoms with Crippen molar-refractivity contribution < 1.29 is 14.6 Å². The minimum Gasteiger partial charge on any atom is -0.496 e. The van der Waals surface area contributed by atoms with E-state index in [2.05, 4.69) is 0 Å². The highest BCUT2D eigenvalue weighted by Crippen LogP contribution is 2.33. The first-order valence-corrected chi connectivity index (χ1v) is 5.05. The molecule has 82 valence electrons. The molecule has 5 heteroatoms. The van der Waals surface area contributed by atoms with E-state index in [-0.39, 0.29) is 6.42 Å². The van der Waals surface area contributed by atoms with E-state index in [0.717, 1.165) is 0 Å². The van der Waals surface area contributed by atoms with E-state index in [1.165, 1.54) is 7.11 Å². The Balaban J connectivity index is 2.99. The lowest BCUT2D eigenvalue weighted by atomic mass is 10.1. The molecule has 0 aliphatic carbocycles. The lowest BCUT2D eigenvalue weighted by Gasteiger charge is -2.12. The van der Waals surface area contributed by atoms with Crippen LogP contribution in [-0.4, -0.2) is 18.2 Å². The van der Waals surface area contributed by atoms with Gasteiger partial charge in [-0.25, -0.2) is 0 Å². The Morgan fingerprint density at radius 2 is 2.27 bits per heavy atom. The SMILES string of the molecule is COc1ccc(Cl)cc1C(Cl)CC(=O)O. The average molecular weight is 249 g/mol. The highest BCUT2D eigenvalue weighted by atomic mass is 35.5. The number of carboxylic acids is 1. The van der Waals surface area contributed by atoms with Gasteiger partial charge in [0.25, 0.3) is 0 Å². The topological polar surface area (TPSA) is 46.5 Å². The van der Waals surface area contributed by atoms with E-state index in [1.54, 1.807) is 18.2 Å². The standard InChI is InChI=1S/C10H10Cl2O3/c1-15-9-3-2-6(11)4-7(9)8(12)5-10(13)14/h2-4,8H,5H2,1H3,(H,13,14). The van der Waals surface area contributed by atoms with Crippen molar-refractivity contribution in [2.75, 3.05) is 7.11 Å². The first-order chi connectivity index (χ1) is 7.04. The van der Waals surface area contributed by atoms with Crippen LogP contribution in [0.2, 0.25) is 5.02 Å². The predicted octanol–water partition coefficient (Wildman–Crippen LogP) is 3.10. The molecule has 0 saturated heterocycles. The largest absolute Gasteiger partial charge is 0.496 e. The molecule has 0 amide bonds. The molecule has 1 atom stereocenters. The molecule has 0 aromatic heterocycles. The molecule has 0 aliphatic rings. The monoisotopic (exact) mass is 248 g/mol. The lowest BCUT2D eigenvalue weighted by molar-refractivity contribution is -0.137. The number of alkyl halides is 1. The van der Waals surface area contributed by atoms with Gasteiger partial charge in [-0.15, -0.1) is 11.6 Å². The van der Waals surface area contributed by atoms with E-state index in [4.69, 9.17) is 33.0 Å². The molecule has 1 unspecified atom stereocenters. The van der Waals surface area contributed by atoms with Crippen LogP contribution in [0.4, 0.5) is 0 Å². The maximum Gasteiger partial charge on any atom is 0.305 e. The van der Waals surface area contributed by atoms with Crippen molar-refractivity contribution in [2.45, 2.75) is 11.8 Å². The molecular formula is C10H10Cl2O3. The van der Waals surface area contributed by atoms with Crippen molar-refractivity contribution in [1.29, 1.82) is 0 Å². The number of carbonyl (C=O) groups is 1. The fraction of sp³-hybridized carbons (Fsp3) is 0.300. The van der Waals surface area contributed by atoms with Crippen LogP contribution in [0.1, 0.15) is 17.4 Å². The normalized spacial score (nSPS) is 12.2. The van der Waals surface area contributed by atoms with Gasteiger partial charge in [0, 0.05) is 10.6 Å². The van der Waals surface area contributed by atoms with Gasteiger partial charge in [-0.3, -0.25) is 4.79 Å². The molecule has 0 aliphatic heterocycles. The van der Waals surface area contributed by atoms with Crippen LogP contribution >= 0.6 is 23.2 Å². The van der Waals surface area contributed by atoms with Gasteiger partial charge in [-0.2, -0.15) is 0 Å². The van der Waals surface area contributed by atoms with Crippen LogP contribution in [0, 0.1) is 0 Å². The summed E-state index contributed by atoms with van der Waals surface area (Å²) >= 11 is 11.7. The Morgan fingerprint density at radius 3 is 2.80 bits per heavy atom. The number of hydrogen-bond acceptors (Lipinski definition) is 2. The number of ether oxygens (including phenoxy) is 1. The van der Waals surface area contributed by atoms with Gasteiger partial charge in [-0.1, -0.05) is 11.6 Å². The zero-order valence-corrected chi connectivity index (χ0v) is 9.55. The summed E-state index contributed by atoms with van der Waals surface area (Å²) in [7, 11) is 1.50. The van der Waals surface area contributed by atoms with Crippen molar-refractivity contribution in [2.24, 2.45) is 0 Å². The summed E-state index contributed by atoms with van der Waals surface area (Å²) in [6, 6.07) is 4.93. The van der Waals surface area contributed by atoms with Crippen molar-refractivity contribution in [3.63, 3.8) is 0 Å². The van der Waals surface area contributed by atoms with Crippen molar-refractivity contribution in [1.82, 2.24) is 0 Å². The van der Waals surface area contributed by atoms with Gasteiger partial charge >= 0.3 is 5.97 Å². The molecule has 0 saturated carbocycles. The Kier molecular flexibility index (Phi) is 4.24. The molecule has 0 radical (unpaired) electrons. The molecule has 15 heavy (non-hydrogen) atoms. The third-order valence-corrected chi connectivity index (χ3v) is 2.51. The highest BCUT2D eigenvalue weighted by molar-refractivity contribution is 6.31. The molecule has 1 aromatic carbocycles. The van der Waals surface area contributed by atoms with Gasteiger partial charge < -0.3 is 9.84 Å². The Morgan fingerprint density at radius 1 is 1.60 bits per heavy atom. The molecule has 0 heterocycles. The number of halogens is 2. The molecule has 0 fully saturated rings. The zero-order chi connectivity index (χ0) is 11.4. The first-order valence-electron chi connectivity index (χ1n) is 4.24. The Bertz CT molecular complexity index is 366. The Hall–Kier alpha value is -0.930. The van der Waals surface area contributed by atoms with Gasteiger partial charge in [0.15, 0.2) is 0 Å². The summed E-state index contributed by atoms with van der Waals surface area (Å²) in [5.74, 6) is -0.419. The number of rotatable bonds is 4. The van der Waals surface area contributed by atoms with Crippen LogP contribution in [0.3, 0.4) is 0 Å². The summed E-state index contributed by atoms with van der Waals surface area (Å²) in [5, 5.41) is 8.48. The maximum atomic E-state index is 10.5. The van der Waals surface area contributed by atoms with E-state index in [9.17, 15) is 4.79 Å². The number of aliphatic carboxylic acids is 1. The molecule has 1 rings (SSSR count). The molecule has 1 aromatic rings. The second-order valence-electron chi connectivity index (χ2n) is 2.95. The molecule has 0 spiro atoms. The van der Waals surface area contributed by atoms with Gasteiger partial charge in [-0.05, 0) is 18.2 Å². The molecule has 3 nitrogen and oxygen atoms in total. The number of methoxy groups -OCH3 is 1. The summed E-state index contributed by atoms with van der Waals surface area (Å²) in [5.41, 5.74) is 0.592. The van der Waals surface area contributed by atoms with Crippen LogP contribution in [-0.2, 0) is 4.79 Å². The van der Waals surface area contributed by atoms with Crippen LogP contribution in [0.25, 0.3) is 0 Å². The number of hydrogen-bond donors (Lipinski definition) is 1. The second-order valence-corrected chi connectivity index (χ2v) is 3.91. The fourth-order valence-electron chi connectivity index (χ4n) is 1.21.